The average Bonchev–Trinajstić information content (AvgIpc) is 2.46. The molecule has 0 radical (unpaired) electrons. The molecule has 1 aromatic carbocycles. The van der Waals surface area contributed by atoms with Crippen LogP contribution in [0.4, 0.5) is 17.3 Å². The van der Waals surface area contributed by atoms with E-state index in [0.717, 1.165) is 36.6 Å². The second-order valence-corrected chi connectivity index (χ2v) is 5.27. The minimum atomic E-state index is 0.510. The first kappa shape index (κ1) is 15.3. The van der Waals surface area contributed by atoms with Crippen LogP contribution in [0.1, 0.15) is 44.5 Å². The fourth-order valence-corrected chi connectivity index (χ4v) is 2.20. The van der Waals surface area contributed by atoms with Gasteiger partial charge in [0.2, 0.25) is 0 Å². The van der Waals surface area contributed by atoms with Crippen molar-refractivity contribution in [3.63, 3.8) is 0 Å². The van der Waals surface area contributed by atoms with Gasteiger partial charge in [-0.3, -0.25) is 0 Å². The van der Waals surface area contributed by atoms with E-state index in [2.05, 4.69) is 53.4 Å². The molecule has 1 heterocycles. The fraction of sp³-hybridized carbons (Fsp3) is 0.412. The molecular formula is C17H24N4. The summed E-state index contributed by atoms with van der Waals surface area (Å²) in [6.07, 6.45) is 5.44. The maximum absolute atomic E-state index is 5.83. The summed E-state index contributed by atoms with van der Waals surface area (Å²) in [6, 6.07) is 10.3. The highest BCUT2D eigenvalue weighted by molar-refractivity contribution is 5.58. The van der Waals surface area contributed by atoms with Crippen LogP contribution < -0.4 is 11.1 Å². The molecule has 4 heteroatoms. The molecule has 0 aliphatic rings. The predicted octanol–water partition coefficient (Wildman–Crippen LogP) is 4.10. The highest BCUT2D eigenvalue weighted by Crippen LogP contribution is 2.18. The van der Waals surface area contributed by atoms with Crippen LogP contribution in [0.2, 0.25) is 0 Å². The van der Waals surface area contributed by atoms with E-state index < -0.39 is 0 Å². The van der Waals surface area contributed by atoms with Crippen molar-refractivity contribution in [1.29, 1.82) is 0 Å². The Bertz CT molecular complexity index is 564. The van der Waals surface area contributed by atoms with E-state index in [-0.39, 0.29) is 0 Å². The topological polar surface area (TPSA) is 63.8 Å². The molecule has 0 atom stereocenters. The SMILES string of the molecule is CCCCc1ccc(Nc2cc(N)nc(CCC)n2)cc1. The van der Waals surface area contributed by atoms with E-state index in [9.17, 15) is 0 Å². The van der Waals surface area contributed by atoms with E-state index in [0.29, 0.717) is 5.82 Å². The quantitative estimate of drug-likeness (QED) is 0.803. The van der Waals surface area contributed by atoms with Crippen molar-refractivity contribution in [3.05, 3.63) is 41.7 Å². The van der Waals surface area contributed by atoms with Crippen molar-refractivity contribution >= 4 is 17.3 Å². The van der Waals surface area contributed by atoms with Crippen LogP contribution in [0, 0.1) is 0 Å². The monoisotopic (exact) mass is 284 g/mol. The van der Waals surface area contributed by atoms with Crippen molar-refractivity contribution in [1.82, 2.24) is 9.97 Å². The number of anilines is 3. The number of unbranched alkanes of at least 4 members (excludes halogenated alkanes) is 1. The molecule has 2 aromatic rings. The minimum Gasteiger partial charge on any atom is -0.384 e. The summed E-state index contributed by atoms with van der Waals surface area (Å²) in [7, 11) is 0. The lowest BCUT2D eigenvalue weighted by atomic mass is 10.1. The highest BCUT2D eigenvalue weighted by Gasteiger charge is 2.03. The summed E-state index contributed by atoms with van der Waals surface area (Å²) in [5.41, 5.74) is 8.23. The molecule has 0 aliphatic carbocycles. The maximum Gasteiger partial charge on any atom is 0.136 e. The number of hydrogen-bond donors (Lipinski definition) is 2. The fourth-order valence-electron chi connectivity index (χ4n) is 2.20. The molecule has 0 amide bonds. The number of rotatable bonds is 7. The van der Waals surface area contributed by atoms with Crippen LogP contribution in [-0.2, 0) is 12.8 Å². The number of aryl methyl sites for hydroxylation is 2. The first-order valence-corrected chi connectivity index (χ1v) is 7.70. The van der Waals surface area contributed by atoms with Gasteiger partial charge >= 0.3 is 0 Å². The Morgan fingerprint density at radius 1 is 1.00 bits per heavy atom. The number of nitrogens with zero attached hydrogens (tertiary/aromatic N) is 2. The Morgan fingerprint density at radius 3 is 2.43 bits per heavy atom. The zero-order valence-electron chi connectivity index (χ0n) is 12.9. The Balaban J connectivity index is 2.07. The van der Waals surface area contributed by atoms with Crippen molar-refractivity contribution in [2.75, 3.05) is 11.1 Å². The third kappa shape index (κ3) is 4.74. The van der Waals surface area contributed by atoms with Crippen LogP contribution >= 0.6 is 0 Å². The molecule has 0 bridgehead atoms. The number of nitrogen functional groups attached to an aromatic ring is 1. The van der Waals surface area contributed by atoms with Crippen LogP contribution in [-0.4, -0.2) is 9.97 Å². The number of nitrogens with two attached hydrogens (primary N) is 1. The van der Waals surface area contributed by atoms with Gasteiger partial charge in [-0.05, 0) is 37.0 Å². The van der Waals surface area contributed by atoms with Gasteiger partial charge in [-0.15, -0.1) is 0 Å². The lowest BCUT2D eigenvalue weighted by Gasteiger charge is -2.09. The van der Waals surface area contributed by atoms with E-state index >= 15 is 0 Å². The zero-order valence-corrected chi connectivity index (χ0v) is 12.9. The van der Waals surface area contributed by atoms with Gasteiger partial charge in [0, 0.05) is 18.2 Å². The normalized spacial score (nSPS) is 10.6. The van der Waals surface area contributed by atoms with E-state index in [1.165, 1.54) is 18.4 Å². The summed E-state index contributed by atoms with van der Waals surface area (Å²) >= 11 is 0. The molecule has 21 heavy (non-hydrogen) atoms. The third-order valence-corrected chi connectivity index (χ3v) is 3.31. The second-order valence-electron chi connectivity index (χ2n) is 5.27. The van der Waals surface area contributed by atoms with Crippen molar-refractivity contribution in [2.24, 2.45) is 0 Å². The zero-order chi connectivity index (χ0) is 15.1. The number of nitrogens with one attached hydrogen (secondary N) is 1. The molecule has 1 aromatic heterocycles. The van der Waals surface area contributed by atoms with Crippen LogP contribution in [0.3, 0.4) is 0 Å². The van der Waals surface area contributed by atoms with Gasteiger partial charge < -0.3 is 11.1 Å². The summed E-state index contributed by atoms with van der Waals surface area (Å²) in [4.78, 5) is 8.73. The predicted molar refractivity (Wildman–Crippen MR) is 88.8 cm³/mol. The summed E-state index contributed by atoms with van der Waals surface area (Å²) in [6.45, 7) is 4.32. The van der Waals surface area contributed by atoms with Gasteiger partial charge in [-0.2, -0.15) is 0 Å². The molecular weight excluding hydrogens is 260 g/mol. The third-order valence-electron chi connectivity index (χ3n) is 3.31. The largest absolute Gasteiger partial charge is 0.384 e. The van der Waals surface area contributed by atoms with Crippen LogP contribution in [0.15, 0.2) is 30.3 Å². The minimum absolute atomic E-state index is 0.510. The van der Waals surface area contributed by atoms with Gasteiger partial charge in [0.15, 0.2) is 0 Å². The Kier molecular flexibility index (Phi) is 5.55. The Morgan fingerprint density at radius 2 is 1.76 bits per heavy atom. The van der Waals surface area contributed by atoms with Crippen LogP contribution in [0.25, 0.3) is 0 Å². The lowest BCUT2D eigenvalue weighted by Crippen LogP contribution is -2.03. The summed E-state index contributed by atoms with van der Waals surface area (Å²) in [5, 5.41) is 3.30. The molecule has 0 spiro atoms. The van der Waals surface area contributed by atoms with E-state index in [1.807, 2.05) is 0 Å². The van der Waals surface area contributed by atoms with Gasteiger partial charge in [0.05, 0.1) is 0 Å². The van der Waals surface area contributed by atoms with Crippen LogP contribution in [0.5, 0.6) is 0 Å². The van der Waals surface area contributed by atoms with Gasteiger partial charge in [0.1, 0.15) is 17.5 Å². The lowest BCUT2D eigenvalue weighted by molar-refractivity contribution is 0.795. The smallest absolute Gasteiger partial charge is 0.136 e. The van der Waals surface area contributed by atoms with Crippen molar-refractivity contribution < 1.29 is 0 Å². The van der Waals surface area contributed by atoms with E-state index in [1.54, 1.807) is 6.07 Å². The molecule has 0 aliphatic heterocycles. The second kappa shape index (κ2) is 7.62. The molecule has 2 rings (SSSR count). The number of hydrogen-bond acceptors (Lipinski definition) is 4. The highest BCUT2D eigenvalue weighted by atomic mass is 15.0. The molecule has 3 N–H and O–H groups in total. The standard InChI is InChI=1S/C17H24N4/c1-3-5-7-13-8-10-14(11-9-13)19-17-12-15(18)20-16(21-17)6-4-2/h8-12H,3-7H2,1-2H3,(H3,18,19,20,21). The average molecular weight is 284 g/mol. The number of aromatic nitrogens is 2. The maximum atomic E-state index is 5.83. The molecule has 0 unspecified atom stereocenters. The molecule has 4 nitrogen and oxygen atoms in total. The van der Waals surface area contributed by atoms with Crippen molar-refractivity contribution in [3.8, 4) is 0 Å². The molecule has 0 fully saturated rings. The summed E-state index contributed by atoms with van der Waals surface area (Å²) < 4.78 is 0. The Hall–Kier alpha value is -2.10. The first-order valence-electron chi connectivity index (χ1n) is 7.70. The molecule has 112 valence electrons. The van der Waals surface area contributed by atoms with Gasteiger partial charge in [-0.1, -0.05) is 32.4 Å². The number of benzene rings is 1. The van der Waals surface area contributed by atoms with Gasteiger partial charge in [0.25, 0.3) is 0 Å². The molecule has 0 saturated carbocycles. The Labute approximate surface area is 126 Å². The first-order chi connectivity index (χ1) is 10.2. The van der Waals surface area contributed by atoms with E-state index in [4.69, 9.17) is 5.73 Å². The van der Waals surface area contributed by atoms with Crippen molar-refractivity contribution in [2.45, 2.75) is 46.0 Å². The van der Waals surface area contributed by atoms with Gasteiger partial charge in [-0.25, -0.2) is 9.97 Å². The molecule has 0 saturated heterocycles. The summed E-state index contributed by atoms with van der Waals surface area (Å²) in [5.74, 6) is 2.06.